The van der Waals surface area contributed by atoms with Crippen LogP contribution in [-0.2, 0) is 10.0 Å². The van der Waals surface area contributed by atoms with Gasteiger partial charge >= 0.3 is 0 Å². The van der Waals surface area contributed by atoms with E-state index in [-0.39, 0.29) is 4.90 Å². The van der Waals surface area contributed by atoms with Crippen LogP contribution in [0.2, 0.25) is 0 Å². The van der Waals surface area contributed by atoms with E-state index < -0.39 is 10.0 Å². The van der Waals surface area contributed by atoms with Crippen molar-refractivity contribution in [2.24, 2.45) is 5.10 Å². The van der Waals surface area contributed by atoms with Crippen LogP contribution in [0.3, 0.4) is 0 Å². The summed E-state index contributed by atoms with van der Waals surface area (Å²) < 4.78 is 24.1. The van der Waals surface area contributed by atoms with Crippen LogP contribution in [0.25, 0.3) is 0 Å². The molecule has 2 rings (SSSR count). The van der Waals surface area contributed by atoms with Gasteiger partial charge in [-0.1, -0.05) is 23.8 Å². The van der Waals surface area contributed by atoms with Crippen molar-refractivity contribution in [2.45, 2.75) is 18.7 Å². The molecule has 6 heteroatoms. The lowest BCUT2D eigenvalue weighted by atomic mass is 10.2. The molecule has 0 aliphatic heterocycles. The summed E-state index contributed by atoms with van der Waals surface area (Å²) in [6, 6.07) is 10.2. The average molecular weight is 289 g/mol. The lowest BCUT2D eigenvalue weighted by Crippen LogP contribution is -2.20. The van der Waals surface area contributed by atoms with Gasteiger partial charge < -0.3 is 0 Å². The summed E-state index contributed by atoms with van der Waals surface area (Å²) in [6.45, 7) is 3.61. The van der Waals surface area contributed by atoms with E-state index in [1.54, 1.807) is 49.6 Å². The van der Waals surface area contributed by atoms with Crippen molar-refractivity contribution >= 4 is 15.7 Å². The zero-order valence-electron chi connectivity index (χ0n) is 11.2. The van der Waals surface area contributed by atoms with Gasteiger partial charge in [-0.05, 0) is 32.0 Å². The number of hydrogen-bond donors (Lipinski definition) is 1. The molecule has 20 heavy (non-hydrogen) atoms. The molecule has 0 unspecified atom stereocenters. The molecule has 0 atom stereocenters. The number of nitrogens with one attached hydrogen (secondary N) is 1. The van der Waals surface area contributed by atoms with Crippen LogP contribution in [0.15, 0.2) is 58.8 Å². The van der Waals surface area contributed by atoms with E-state index in [1.807, 2.05) is 13.0 Å². The minimum absolute atomic E-state index is 0.186. The van der Waals surface area contributed by atoms with Crippen LogP contribution in [-0.4, -0.2) is 19.1 Å². The van der Waals surface area contributed by atoms with E-state index in [2.05, 4.69) is 14.9 Å². The van der Waals surface area contributed by atoms with Crippen molar-refractivity contribution in [3.8, 4) is 0 Å². The van der Waals surface area contributed by atoms with Gasteiger partial charge in [-0.3, -0.25) is 4.98 Å². The van der Waals surface area contributed by atoms with Crippen LogP contribution >= 0.6 is 0 Å². The SMILES string of the molecule is CC(=NNS(=O)(=O)c1ccc(C)cc1)c1cccnc1. The largest absolute Gasteiger partial charge is 0.276 e. The molecule has 1 N–H and O–H groups in total. The number of aryl methyl sites for hydroxylation is 1. The first-order valence-electron chi connectivity index (χ1n) is 6.02. The summed E-state index contributed by atoms with van der Waals surface area (Å²) in [5.41, 5.74) is 2.31. The maximum atomic E-state index is 12.0. The number of sulfonamides is 1. The smallest absolute Gasteiger partial charge is 0.264 e. The number of hydrazone groups is 1. The summed E-state index contributed by atoms with van der Waals surface area (Å²) in [5, 5.41) is 3.90. The molecule has 1 aromatic heterocycles. The molecule has 0 amide bonds. The van der Waals surface area contributed by atoms with Crippen molar-refractivity contribution in [2.75, 3.05) is 0 Å². The van der Waals surface area contributed by atoms with Crippen molar-refractivity contribution in [1.82, 2.24) is 9.82 Å². The van der Waals surface area contributed by atoms with Gasteiger partial charge in [0.05, 0.1) is 10.6 Å². The normalized spacial score (nSPS) is 12.2. The molecule has 0 spiro atoms. The third-order valence-electron chi connectivity index (χ3n) is 2.74. The van der Waals surface area contributed by atoms with Crippen LogP contribution in [0, 0.1) is 6.92 Å². The molecule has 5 nitrogen and oxygen atoms in total. The maximum Gasteiger partial charge on any atom is 0.276 e. The van der Waals surface area contributed by atoms with Crippen molar-refractivity contribution in [1.29, 1.82) is 0 Å². The number of rotatable bonds is 4. The second kappa shape index (κ2) is 5.83. The van der Waals surface area contributed by atoms with Gasteiger partial charge in [-0.2, -0.15) is 18.4 Å². The highest BCUT2D eigenvalue weighted by Crippen LogP contribution is 2.10. The van der Waals surface area contributed by atoms with Crippen molar-refractivity contribution in [3.05, 3.63) is 59.9 Å². The Bertz CT molecular complexity index is 708. The lowest BCUT2D eigenvalue weighted by Gasteiger charge is -2.05. The van der Waals surface area contributed by atoms with E-state index in [0.717, 1.165) is 11.1 Å². The molecule has 2 aromatic rings. The number of pyridine rings is 1. The predicted octanol–water partition coefficient (Wildman–Crippen LogP) is 2.09. The zero-order valence-corrected chi connectivity index (χ0v) is 12.1. The summed E-state index contributed by atoms with van der Waals surface area (Å²) in [6.07, 6.45) is 3.27. The summed E-state index contributed by atoms with van der Waals surface area (Å²) in [7, 11) is -3.64. The Morgan fingerprint density at radius 1 is 1.20 bits per heavy atom. The van der Waals surface area contributed by atoms with E-state index >= 15 is 0 Å². The third-order valence-corrected chi connectivity index (χ3v) is 3.97. The maximum absolute atomic E-state index is 12.0. The highest BCUT2D eigenvalue weighted by molar-refractivity contribution is 7.89. The summed E-state index contributed by atoms with van der Waals surface area (Å²) in [4.78, 5) is 6.37. The number of nitrogens with zero attached hydrogens (tertiary/aromatic N) is 2. The Morgan fingerprint density at radius 2 is 1.90 bits per heavy atom. The van der Waals surface area contributed by atoms with E-state index in [1.165, 1.54) is 0 Å². The first-order valence-corrected chi connectivity index (χ1v) is 7.50. The fourth-order valence-electron chi connectivity index (χ4n) is 1.54. The molecule has 0 saturated heterocycles. The summed E-state index contributed by atoms with van der Waals surface area (Å²) >= 11 is 0. The van der Waals surface area contributed by atoms with Crippen LogP contribution in [0.4, 0.5) is 0 Å². The van der Waals surface area contributed by atoms with Gasteiger partial charge in [0.2, 0.25) is 0 Å². The van der Waals surface area contributed by atoms with Crippen LogP contribution < -0.4 is 4.83 Å². The second-order valence-electron chi connectivity index (χ2n) is 4.35. The van der Waals surface area contributed by atoms with Gasteiger partial charge in [0.15, 0.2) is 0 Å². The molecule has 0 aliphatic rings. The van der Waals surface area contributed by atoms with Crippen LogP contribution in [0.1, 0.15) is 18.1 Å². The number of aromatic nitrogens is 1. The fraction of sp³-hybridized carbons (Fsp3) is 0.143. The second-order valence-corrected chi connectivity index (χ2v) is 6.01. The highest BCUT2D eigenvalue weighted by atomic mass is 32.2. The van der Waals surface area contributed by atoms with Gasteiger partial charge in [0, 0.05) is 18.0 Å². The van der Waals surface area contributed by atoms with Gasteiger partial charge in [-0.25, -0.2) is 0 Å². The van der Waals surface area contributed by atoms with Crippen molar-refractivity contribution in [3.63, 3.8) is 0 Å². The molecule has 0 aliphatic carbocycles. The van der Waals surface area contributed by atoms with E-state index in [9.17, 15) is 8.42 Å². The molecule has 1 heterocycles. The van der Waals surface area contributed by atoms with Gasteiger partial charge in [-0.15, -0.1) is 0 Å². The van der Waals surface area contributed by atoms with E-state index in [4.69, 9.17) is 0 Å². The Morgan fingerprint density at radius 3 is 2.50 bits per heavy atom. The molecule has 1 aromatic carbocycles. The minimum atomic E-state index is -3.64. The number of hydrogen-bond acceptors (Lipinski definition) is 4. The van der Waals surface area contributed by atoms with Crippen LogP contribution in [0.5, 0.6) is 0 Å². The number of benzene rings is 1. The Labute approximate surface area is 118 Å². The Balaban J connectivity index is 2.19. The lowest BCUT2D eigenvalue weighted by molar-refractivity contribution is 0.584. The molecule has 0 saturated carbocycles. The predicted molar refractivity (Wildman–Crippen MR) is 77.9 cm³/mol. The van der Waals surface area contributed by atoms with E-state index in [0.29, 0.717) is 5.71 Å². The van der Waals surface area contributed by atoms with Gasteiger partial charge in [0.25, 0.3) is 10.0 Å². The molecule has 0 fully saturated rings. The Kier molecular flexibility index (Phi) is 4.14. The molecule has 104 valence electrons. The van der Waals surface area contributed by atoms with Crippen molar-refractivity contribution < 1.29 is 8.42 Å². The quantitative estimate of drug-likeness (QED) is 0.692. The molecular formula is C14H15N3O2S. The molecular weight excluding hydrogens is 274 g/mol. The minimum Gasteiger partial charge on any atom is -0.264 e. The first kappa shape index (κ1) is 14.2. The topological polar surface area (TPSA) is 71.4 Å². The standard InChI is InChI=1S/C14H15N3O2S/c1-11-5-7-14(8-6-11)20(18,19)17-16-12(2)13-4-3-9-15-10-13/h3-10,17H,1-2H3. The fourth-order valence-corrected chi connectivity index (χ4v) is 2.40. The first-order chi connectivity index (χ1) is 9.49. The third kappa shape index (κ3) is 3.42. The van der Waals surface area contributed by atoms with Gasteiger partial charge in [0.1, 0.15) is 0 Å². The average Bonchev–Trinajstić information content (AvgIpc) is 2.46. The highest BCUT2D eigenvalue weighted by Gasteiger charge is 2.12. The zero-order chi connectivity index (χ0) is 14.6. The monoisotopic (exact) mass is 289 g/mol. The Hall–Kier alpha value is -2.21. The molecule has 0 bridgehead atoms. The molecule has 0 radical (unpaired) electrons. The summed E-state index contributed by atoms with van der Waals surface area (Å²) in [5.74, 6) is 0.